The quantitative estimate of drug-likeness (QED) is 0.634. The highest BCUT2D eigenvalue weighted by molar-refractivity contribution is 6.06. The molecule has 10 heteroatoms. The Morgan fingerprint density at radius 3 is 2.13 bits per heavy atom. The van der Waals surface area contributed by atoms with Gasteiger partial charge in [0.1, 0.15) is 12.7 Å². The van der Waals surface area contributed by atoms with Crippen molar-refractivity contribution >= 4 is 46.5 Å². The van der Waals surface area contributed by atoms with Crippen LogP contribution in [0.4, 0.5) is 31.9 Å². The number of hydrogen-bond donors (Lipinski definition) is 3. The summed E-state index contributed by atoms with van der Waals surface area (Å²) in [5.41, 5.74) is 2.34. The maximum atomic E-state index is 12.8. The van der Waals surface area contributed by atoms with E-state index in [0.717, 1.165) is 0 Å². The van der Waals surface area contributed by atoms with Crippen LogP contribution in [0, 0.1) is 0 Å². The monoisotopic (exact) mass is 415 g/mol. The summed E-state index contributed by atoms with van der Waals surface area (Å²) in [5.74, 6) is -3.39. The second-order valence-electron chi connectivity index (χ2n) is 6.37. The third-order valence-electron chi connectivity index (χ3n) is 4.30. The molecule has 1 atom stereocenters. The van der Waals surface area contributed by atoms with Gasteiger partial charge < -0.3 is 20.5 Å². The van der Waals surface area contributed by atoms with E-state index in [4.69, 9.17) is 9.84 Å². The van der Waals surface area contributed by atoms with Crippen LogP contribution in [0.5, 0.6) is 0 Å². The number of anilines is 4. The molecule has 3 rings (SSSR count). The number of rotatable bonds is 7. The maximum absolute atomic E-state index is 12.8. The largest absolute Gasteiger partial charge is 0.481 e. The molecule has 0 saturated carbocycles. The summed E-state index contributed by atoms with van der Waals surface area (Å²) in [5, 5.41) is 14.1. The summed E-state index contributed by atoms with van der Waals surface area (Å²) in [6, 6.07) is 12.5. The predicted molar refractivity (Wildman–Crippen MR) is 105 cm³/mol. The Labute approximate surface area is 170 Å². The van der Waals surface area contributed by atoms with E-state index in [2.05, 4.69) is 10.6 Å². The number of aliphatic carboxylic acids is 1. The number of alkyl halides is 1. The van der Waals surface area contributed by atoms with Gasteiger partial charge in [-0.15, -0.1) is 0 Å². The Balaban J connectivity index is 1.71. The lowest BCUT2D eigenvalue weighted by Gasteiger charge is -2.31. The van der Waals surface area contributed by atoms with Crippen LogP contribution < -0.4 is 15.5 Å². The minimum atomic E-state index is -1.54. The van der Waals surface area contributed by atoms with Crippen LogP contribution in [0.3, 0.4) is 0 Å². The van der Waals surface area contributed by atoms with Crippen LogP contribution >= 0.6 is 0 Å². The molecule has 0 fully saturated rings. The molecule has 2 amide bonds. The summed E-state index contributed by atoms with van der Waals surface area (Å²) >= 11 is 0. The number of amides is 2. The van der Waals surface area contributed by atoms with Crippen molar-refractivity contribution in [1.82, 2.24) is 5.32 Å². The van der Waals surface area contributed by atoms with Gasteiger partial charge in [-0.05, 0) is 24.3 Å². The first-order valence-electron chi connectivity index (χ1n) is 8.92. The van der Waals surface area contributed by atoms with Crippen LogP contribution in [0.1, 0.15) is 6.42 Å². The van der Waals surface area contributed by atoms with E-state index in [1.165, 1.54) is 4.90 Å². The average Bonchev–Trinajstić information content (AvgIpc) is 2.74. The molecule has 0 aromatic heterocycles. The van der Waals surface area contributed by atoms with Crippen molar-refractivity contribution in [3.05, 3.63) is 48.5 Å². The van der Waals surface area contributed by atoms with Gasteiger partial charge in [0.2, 0.25) is 0 Å². The zero-order valence-electron chi connectivity index (χ0n) is 15.6. The number of fused-ring (bicyclic) bond motifs is 2. The topological polar surface area (TPSA) is 125 Å². The second kappa shape index (κ2) is 9.03. The summed E-state index contributed by atoms with van der Waals surface area (Å²) in [6.07, 6.45) is -1.63. The number of carbonyl (C=O) groups excluding carboxylic acids is 3. The number of para-hydroxylation sites is 4. The van der Waals surface area contributed by atoms with Gasteiger partial charge in [0.25, 0.3) is 5.91 Å². The van der Waals surface area contributed by atoms with Crippen LogP contribution in [-0.4, -0.2) is 48.2 Å². The van der Waals surface area contributed by atoms with E-state index >= 15 is 0 Å². The first-order chi connectivity index (χ1) is 14.4. The molecule has 1 aliphatic heterocycles. The smallest absolute Gasteiger partial charge is 0.419 e. The minimum absolute atomic E-state index is 0.512. The molecule has 0 aliphatic carbocycles. The molecule has 0 spiro atoms. The second-order valence-corrected chi connectivity index (χ2v) is 6.37. The molecular formula is C20H18FN3O6. The standard InChI is InChI=1S/C20H18FN3O6/c21-10-17(25)14(9-19(27)28)23-18(26)11-30-20(29)24-15-7-3-1-5-12(15)22-13-6-2-4-8-16(13)24/h1-8,14,22H,9-11H2,(H,23,26)(H,27,28). The molecule has 30 heavy (non-hydrogen) atoms. The van der Waals surface area contributed by atoms with Crippen molar-refractivity contribution < 1.29 is 33.4 Å². The van der Waals surface area contributed by atoms with Gasteiger partial charge >= 0.3 is 12.1 Å². The van der Waals surface area contributed by atoms with E-state index in [-0.39, 0.29) is 0 Å². The average molecular weight is 415 g/mol. The fraction of sp³-hybridized carbons (Fsp3) is 0.200. The summed E-state index contributed by atoms with van der Waals surface area (Å²) in [7, 11) is 0. The number of nitrogens with zero attached hydrogens (tertiary/aromatic N) is 1. The Hall–Kier alpha value is -3.95. The normalized spacial score (nSPS) is 12.6. The van der Waals surface area contributed by atoms with Gasteiger partial charge in [-0.2, -0.15) is 0 Å². The summed E-state index contributed by atoms with van der Waals surface area (Å²) < 4.78 is 17.7. The molecule has 2 aromatic rings. The fourth-order valence-corrected chi connectivity index (χ4v) is 2.96. The number of benzene rings is 2. The highest BCUT2D eigenvalue weighted by atomic mass is 19.1. The molecular weight excluding hydrogens is 397 g/mol. The van der Waals surface area contributed by atoms with Crippen molar-refractivity contribution in [2.24, 2.45) is 0 Å². The molecule has 0 bridgehead atoms. The molecule has 156 valence electrons. The Morgan fingerprint density at radius 2 is 1.60 bits per heavy atom. The number of ketones is 1. The molecule has 1 heterocycles. The zero-order valence-corrected chi connectivity index (χ0v) is 15.6. The van der Waals surface area contributed by atoms with Crippen LogP contribution in [0.15, 0.2) is 48.5 Å². The molecule has 9 nitrogen and oxygen atoms in total. The third kappa shape index (κ3) is 4.54. The van der Waals surface area contributed by atoms with Crippen LogP contribution in [-0.2, 0) is 19.1 Å². The van der Waals surface area contributed by atoms with Crippen molar-refractivity contribution in [2.45, 2.75) is 12.5 Å². The van der Waals surface area contributed by atoms with Gasteiger partial charge in [-0.3, -0.25) is 14.4 Å². The Morgan fingerprint density at radius 1 is 1.03 bits per heavy atom. The molecule has 3 N–H and O–H groups in total. The van der Waals surface area contributed by atoms with Gasteiger partial charge in [0, 0.05) is 0 Å². The van der Waals surface area contributed by atoms with Crippen LogP contribution in [0.25, 0.3) is 0 Å². The van der Waals surface area contributed by atoms with E-state index in [1.54, 1.807) is 48.5 Å². The number of ether oxygens (including phenoxy) is 1. The SMILES string of the molecule is O=C(O)CC(NC(=O)COC(=O)N1c2ccccc2Nc2ccccc21)C(=O)CF. The van der Waals surface area contributed by atoms with E-state index in [0.29, 0.717) is 22.7 Å². The number of halogens is 1. The summed E-state index contributed by atoms with van der Waals surface area (Å²) in [6.45, 7) is -2.20. The van der Waals surface area contributed by atoms with E-state index in [1.807, 2.05) is 0 Å². The third-order valence-corrected chi connectivity index (χ3v) is 4.30. The molecule has 0 radical (unpaired) electrons. The van der Waals surface area contributed by atoms with E-state index < -0.39 is 49.5 Å². The van der Waals surface area contributed by atoms with Crippen molar-refractivity contribution in [3.63, 3.8) is 0 Å². The number of nitrogens with one attached hydrogen (secondary N) is 2. The predicted octanol–water partition coefficient (Wildman–Crippen LogP) is 2.52. The van der Waals surface area contributed by atoms with Gasteiger partial charge in [0.15, 0.2) is 12.4 Å². The van der Waals surface area contributed by atoms with Gasteiger partial charge in [0.05, 0.1) is 29.2 Å². The number of carboxylic acid groups (broad SMARTS) is 1. The first kappa shape index (κ1) is 20.8. The number of carboxylic acids is 1. The number of hydrogen-bond acceptors (Lipinski definition) is 6. The molecule has 1 aliphatic rings. The first-order valence-corrected chi connectivity index (χ1v) is 8.92. The Kier molecular flexibility index (Phi) is 6.26. The van der Waals surface area contributed by atoms with E-state index in [9.17, 15) is 23.6 Å². The zero-order chi connectivity index (χ0) is 21.7. The van der Waals surface area contributed by atoms with Gasteiger partial charge in [-0.25, -0.2) is 14.1 Å². The maximum Gasteiger partial charge on any atom is 0.419 e. The lowest BCUT2D eigenvalue weighted by Crippen LogP contribution is -2.45. The lowest BCUT2D eigenvalue weighted by molar-refractivity contribution is -0.140. The highest BCUT2D eigenvalue weighted by Gasteiger charge is 2.29. The summed E-state index contributed by atoms with van der Waals surface area (Å²) in [4.78, 5) is 48.4. The fourth-order valence-electron chi connectivity index (χ4n) is 2.96. The van der Waals surface area contributed by atoms with Crippen molar-refractivity contribution in [2.75, 3.05) is 23.5 Å². The number of Topliss-reactive ketones (excluding diaryl/α,β-unsaturated/α-hetero) is 1. The van der Waals surface area contributed by atoms with Crippen molar-refractivity contribution in [1.29, 1.82) is 0 Å². The highest BCUT2D eigenvalue weighted by Crippen LogP contribution is 2.43. The van der Waals surface area contributed by atoms with Crippen LogP contribution in [0.2, 0.25) is 0 Å². The lowest BCUT2D eigenvalue weighted by atomic mass is 10.1. The molecule has 1 unspecified atom stereocenters. The van der Waals surface area contributed by atoms with Gasteiger partial charge in [-0.1, -0.05) is 24.3 Å². The number of carbonyl (C=O) groups is 4. The molecule has 2 aromatic carbocycles. The minimum Gasteiger partial charge on any atom is -0.481 e. The Bertz CT molecular complexity index is 951. The van der Waals surface area contributed by atoms with Crippen molar-refractivity contribution in [3.8, 4) is 0 Å². The molecule has 0 saturated heterocycles.